The summed E-state index contributed by atoms with van der Waals surface area (Å²) in [5.74, 6) is 2.11. The van der Waals surface area contributed by atoms with E-state index >= 15 is 0 Å². The van der Waals surface area contributed by atoms with Crippen LogP contribution in [0.15, 0.2) is 48.5 Å². The van der Waals surface area contributed by atoms with Gasteiger partial charge in [0.15, 0.2) is 0 Å². The lowest BCUT2D eigenvalue weighted by Gasteiger charge is -2.21. The van der Waals surface area contributed by atoms with E-state index in [1.807, 2.05) is 60.5 Å². The molecule has 2 aromatic rings. The van der Waals surface area contributed by atoms with Crippen LogP contribution in [-0.2, 0) is 6.54 Å². The minimum Gasteiger partial charge on any atom is -0.497 e. The zero-order chi connectivity index (χ0) is 18.8. The Morgan fingerprint density at radius 1 is 0.962 bits per heavy atom. The van der Waals surface area contributed by atoms with Crippen LogP contribution >= 0.6 is 0 Å². The van der Waals surface area contributed by atoms with Crippen LogP contribution in [0.1, 0.15) is 5.56 Å². The number of nitrogens with zero attached hydrogens (tertiary/aromatic N) is 1. The van der Waals surface area contributed by atoms with Gasteiger partial charge in [-0.25, -0.2) is 4.39 Å². The zero-order valence-corrected chi connectivity index (χ0v) is 15.2. The number of alkyl halides is 1. The van der Waals surface area contributed by atoms with Crippen molar-refractivity contribution in [2.75, 3.05) is 40.6 Å². The molecule has 0 saturated carbocycles. The molecular weight excluding hydrogens is 337 g/mol. The minimum atomic E-state index is -0.603. The van der Waals surface area contributed by atoms with Crippen LogP contribution < -0.4 is 14.2 Å². The highest BCUT2D eigenvalue weighted by atomic mass is 19.1. The number of hydrogen-bond donors (Lipinski definition) is 1. The molecule has 1 unspecified atom stereocenters. The summed E-state index contributed by atoms with van der Waals surface area (Å²) in [6, 6.07) is 14.8. The van der Waals surface area contributed by atoms with Gasteiger partial charge in [0.05, 0.1) is 7.11 Å². The number of methoxy groups -OCH3 is 1. The maximum atomic E-state index is 12.1. The maximum absolute atomic E-state index is 12.1. The third-order valence-electron chi connectivity index (χ3n) is 3.75. The molecule has 5 nitrogen and oxygen atoms in total. The fourth-order valence-corrected chi connectivity index (χ4v) is 2.50. The standard InChI is InChI=1S/C20H26FNO4/c1-22(13-16-3-5-19(6-4-16)25-12-11-21)14-17(23)15-26-20-9-7-18(24-2)8-10-20/h3-10,17,23H,11-15H2,1-2H3. The fourth-order valence-electron chi connectivity index (χ4n) is 2.50. The largest absolute Gasteiger partial charge is 0.497 e. The topological polar surface area (TPSA) is 51.2 Å². The second kappa shape index (κ2) is 10.6. The highest BCUT2D eigenvalue weighted by Gasteiger charge is 2.10. The van der Waals surface area contributed by atoms with Gasteiger partial charge in [0.25, 0.3) is 0 Å². The Morgan fingerprint density at radius 3 is 2.15 bits per heavy atom. The van der Waals surface area contributed by atoms with Crippen molar-refractivity contribution in [2.45, 2.75) is 12.6 Å². The highest BCUT2D eigenvalue weighted by Crippen LogP contribution is 2.17. The van der Waals surface area contributed by atoms with Crippen LogP contribution in [0.3, 0.4) is 0 Å². The van der Waals surface area contributed by atoms with E-state index in [9.17, 15) is 9.50 Å². The van der Waals surface area contributed by atoms with E-state index in [1.54, 1.807) is 7.11 Å². The first-order valence-corrected chi connectivity index (χ1v) is 8.52. The lowest BCUT2D eigenvalue weighted by molar-refractivity contribution is 0.0743. The van der Waals surface area contributed by atoms with Crippen molar-refractivity contribution in [1.29, 1.82) is 0 Å². The Kier molecular flexibility index (Phi) is 8.18. The van der Waals surface area contributed by atoms with Crippen LogP contribution in [0.25, 0.3) is 0 Å². The van der Waals surface area contributed by atoms with Crippen molar-refractivity contribution in [1.82, 2.24) is 4.90 Å². The summed E-state index contributed by atoms with van der Waals surface area (Å²) in [5.41, 5.74) is 1.09. The van der Waals surface area contributed by atoms with Gasteiger partial charge < -0.3 is 19.3 Å². The first-order chi connectivity index (χ1) is 12.6. The van der Waals surface area contributed by atoms with E-state index in [2.05, 4.69) is 0 Å². The first-order valence-electron chi connectivity index (χ1n) is 8.52. The lowest BCUT2D eigenvalue weighted by atomic mass is 10.2. The van der Waals surface area contributed by atoms with E-state index in [0.717, 1.165) is 11.3 Å². The lowest BCUT2D eigenvalue weighted by Crippen LogP contribution is -2.32. The van der Waals surface area contributed by atoms with Crippen molar-refractivity contribution in [3.63, 3.8) is 0 Å². The molecule has 0 radical (unpaired) electrons. The second-order valence-electron chi connectivity index (χ2n) is 6.02. The molecule has 142 valence electrons. The van der Waals surface area contributed by atoms with E-state index in [-0.39, 0.29) is 13.2 Å². The molecule has 2 rings (SSSR count). The second-order valence-corrected chi connectivity index (χ2v) is 6.02. The molecule has 0 aliphatic carbocycles. The predicted molar refractivity (Wildman–Crippen MR) is 98.7 cm³/mol. The van der Waals surface area contributed by atoms with Crippen molar-refractivity contribution >= 4 is 0 Å². The van der Waals surface area contributed by atoms with Gasteiger partial charge >= 0.3 is 0 Å². The zero-order valence-electron chi connectivity index (χ0n) is 15.2. The van der Waals surface area contributed by atoms with Gasteiger partial charge in [0, 0.05) is 13.1 Å². The molecule has 0 fully saturated rings. The predicted octanol–water partition coefficient (Wildman–Crippen LogP) is 2.92. The third kappa shape index (κ3) is 6.90. The number of ether oxygens (including phenoxy) is 3. The molecule has 0 aromatic heterocycles. The van der Waals surface area contributed by atoms with Crippen LogP contribution in [-0.4, -0.2) is 56.7 Å². The summed E-state index contributed by atoms with van der Waals surface area (Å²) in [6.45, 7) is 0.951. The Bertz CT molecular complexity index is 633. The SMILES string of the molecule is COc1ccc(OCC(O)CN(C)Cc2ccc(OCCF)cc2)cc1. The van der Waals surface area contributed by atoms with Gasteiger partial charge in [-0.3, -0.25) is 4.90 Å². The smallest absolute Gasteiger partial charge is 0.123 e. The molecule has 0 aliphatic rings. The Morgan fingerprint density at radius 2 is 1.54 bits per heavy atom. The molecule has 2 aromatic carbocycles. The molecule has 0 aliphatic heterocycles. The number of likely N-dealkylation sites (N-methyl/N-ethyl adjacent to an activating group) is 1. The van der Waals surface area contributed by atoms with Crippen molar-refractivity contribution in [2.24, 2.45) is 0 Å². The van der Waals surface area contributed by atoms with Gasteiger partial charge in [-0.15, -0.1) is 0 Å². The fraction of sp³-hybridized carbons (Fsp3) is 0.400. The number of hydrogen-bond acceptors (Lipinski definition) is 5. The van der Waals surface area contributed by atoms with Gasteiger partial charge in [0.2, 0.25) is 0 Å². The Balaban J connectivity index is 1.72. The number of rotatable bonds is 11. The average molecular weight is 363 g/mol. The summed E-state index contributed by atoms with van der Waals surface area (Å²) >= 11 is 0. The normalized spacial score (nSPS) is 12.0. The minimum absolute atomic E-state index is 0.0691. The van der Waals surface area contributed by atoms with Gasteiger partial charge in [-0.1, -0.05) is 12.1 Å². The van der Waals surface area contributed by atoms with Crippen LogP contribution in [0.2, 0.25) is 0 Å². The summed E-state index contributed by atoms with van der Waals surface area (Å²) in [5, 5.41) is 10.2. The van der Waals surface area contributed by atoms with Crippen LogP contribution in [0.4, 0.5) is 4.39 Å². The molecular formula is C20H26FNO4. The van der Waals surface area contributed by atoms with E-state index < -0.39 is 12.8 Å². The highest BCUT2D eigenvalue weighted by molar-refractivity contribution is 5.31. The van der Waals surface area contributed by atoms with Crippen molar-refractivity contribution in [3.8, 4) is 17.2 Å². The number of aliphatic hydroxyl groups is 1. The molecule has 0 spiro atoms. The molecule has 26 heavy (non-hydrogen) atoms. The quantitative estimate of drug-likeness (QED) is 0.665. The van der Waals surface area contributed by atoms with E-state index in [4.69, 9.17) is 14.2 Å². The summed E-state index contributed by atoms with van der Waals surface area (Å²) in [6.07, 6.45) is -0.603. The van der Waals surface area contributed by atoms with E-state index in [1.165, 1.54) is 0 Å². The van der Waals surface area contributed by atoms with Gasteiger partial charge in [-0.05, 0) is 49.0 Å². The molecule has 0 heterocycles. The molecule has 6 heteroatoms. The summed E-state index contributed by atoms with van der Waals surface area (Å²) in [7, 11) is 3.55. The average Bonchev–Trinajstić information content (AvgIpc) is 2.66. The first kappa shape index (κ1) is 20.0. The van der Waals surface area contributed by atoms with Gasteiger partial charge in [0.1, 0.15) is 43.2 Å². The Labute approximate surface area is 153 Å². The Hall–Kier alpha value is -2.31. The third-order valence-corrected chi connectivity index (χ3v) is 3.75. The molecule has 0 bridgehead atoms. The summed E-state index contributed by atoms with van der Waals surface area (Å²) < 4.78 is 28.0. The summed E-state index contributed by atoms with van der Waals surface area (Å²) in [4.78, 5) is 2.01. The van der Waals surface area contributed by atoms with E-state index in [0.29, 0.717) is 24.6 Å². The van der Waals surface area contributed by atoms with Crippen molar-refractivity contribution in [3.05, 3.63) is 54.1 Å². The maximum Gasteiger partial charge on any atom is 0.123 e. The molecule has 1 atom stereocenters. The van der Waals surface area contributed by atoms with Crippen LogP contribution in [0.5, 0.6) is 17.2 Å². The molecule has 0 amide bonds. The van der Waals surface area contributed by atoms with Gasteiger partial charge in [-0.2, -0.15) is 0 Å². The number of halogens is 1. The van der Waals surface area contributed by atoms with Crippen molar-refractivity contribution < 1.29 is 23.7 Å². The molecule has 0 saturated heterocycles. The number of benzene rings is 2. The number of aliphatic hydroxyl groups excluding tert-OH is 1. The monoisotopic (exact) mass is 363 g/mol. The van der Waals surface area contributed by atoms with Crippen LogP contribution in [0, 0.1) is 0 Å². The molecule has 1 N–H and O–H groups in total.